The van der Waals surface area contributed by atoms with Gasteiger partial charge in [-0.05, 0) is 29.9 Å². The summed E-state index contributed by atoms with van der Waals surface area (Å²) >= 11 is 0. The standard InChI is InChI=1S/C21H24N4O3/c1-13-8-14(2)18(15-6-4-3-5-7-15)25(12-13)21(28)20(27)24-17-9-16(19(22)26)10-23-11-17/h3-7,9-11,13-14,18H,8,12H2,1-2H3,(H2,22,26)(H,24,27)/t13-,14-,18+/m1/s1. The van der Waals surface area contributed by atoms with Gasteiger partial charge in [0.2, 0.25) is 5.91 Å². The highest BCUT2D eigenvalue weighted by atomic mass is 16.2. The van der Waals surface area contributed by atoms with Crippen LogP contribution in [-0.4, -0.2) is 34.2 Å². The van der Waals surface area contributed by atoms with E-state index >= 15 is 0 Å². The van der Waals surface area contributed by atoms with Crippen molar-refractivity contribution in [3.05, 3.63) is 59.9 Å². The molecule has 0 saturated carbocycles. The van der Waals surface area contributed by atoms with Gasteiger partial charge in [0.15, 0.2) is 0 Å². The molecule has 0 aliphatic carbocycles. The lowest BCUT2D eigenvalue weighted by molar-refractivity contribution is -0.147. The molecule has 1 aromatic heterocycles. The lowest BCUT2D eigenvalue weighted by Gasteiger charge is -2.42. The minimum Gasteiger partial charge on any atom is -0.366 e. The van der Waals surface area contributed by atoms with Crippen LogP contribution in [0, 0.1) is 11.8 Å². The van der Waals surface area contributed by atoms with Gasteiger partial charge in [-0.3, -0.25) is 19.4 Å². The van der Waals surface area contributed by atoms with Gasteiger partial charge in [0.05, 0.1) is 23.5 Å². The molecular weight excluding hydrogens is 356 g/mol. The first-order valence-corrected chi connectivity index (χ1v) is 9.28. The van der Waals surface area contributed by atoms with Gasteiger partial charge in [0.25, 0.3) is 0 Å². The van der Waals surface area contributed by atoms with Crippen LogP contribution < -0.4 is 11.1 Å². The van der Waals surface area contributed by atoms with Crippen molar-refractivity contribution in [1.29, 1.82) is 0 Å². The molecule has 7 nitrogen and oxygen atoms in total. The third kappa shape index (κ3) is 4.19. The lowest BCUT2D eigenvalue weighted by Crippen LogP contribution is -2.49. The molecule has 0 bridgehead atoms. The Kier molecular flexibility index (Phi) is 5.73. The molecule has 3 amide bonds. The van der Waals surface area contributed by atoms with Gasteiger partial charge in [-0.25, -0.2) is 0 Å². The minimum atomic E-state index is -0.759. The Morgan fingerprint density at radius 3 is 2.54 bits per heavy atom. The number of carbonyl (C=O) groups excluding carboxylic acids is 3. The number of likely N-dealkylation sites (tertiary alicyclic amines) is 1. The Hall–Kier alpha value is -3.22. The molecule has 3 rings (SSSR count). The molecule has 1 saturated heterocycles. The highest BCUT2D eigenvalue weighted by Gasteiger charge is 2.38. The fourth-order valence-electron chi connectivity index (χ4n) is 3.92. The number of primary amides is 1. The highest BCUT2D eigenvalue weighted by Crippen LogP contribution is 2.38. The second-order valence-corrected chi connectivity index (χ2v) is 7.41. The van der Waals surface area contributed by atoms with Crippen LogP contribution in [0.4, 0.5) is 5.69 Å². The van der Waals surface area contributed by atoms with E-state index in [1.54, 1.807) is 4.90 Å². The number of anilines is 1. The van der Waals surface area contributed by atoms with Gasteiger partial charge in [0.1, 0.15) is 0 Å². The van der Waals surface area contributed by atoms with E-state index in [2.05, 4.69) is 24.1 Å². The zero-order valence-electron chi connectivity index (χ0n) is 16.0. The fraction of sp³-hybridized carbons (Fsp3) is 0.333. The smallest absolute Gasteiger partial charge is 0.313 e. The molecule has 3 N–H and O–H groups in total. The number of nitrogens with two attached hydrogens (primary N) is 1. The predicted octanol–water partition coefficient (Wildman–Crippen LogP) is 2.36. The van der Waals surface area contributed by atoms with E-state index in [0.29, 0.717) is 12.5 Å². The van der Waals surface area contributed by atoms with Gasteiger partial charge < -0.3 is 16.0 Å². The summed E-state index contributed by atoms with van der Waals surface area (Å²) < 4.78 is 0. The summed E-state index contributed by atoms with van der Waals surface area (Å²) in [6.45, 7) is 4.69. The number of amides is 3. The van der Waals surface area contributed by atoms with Gasteiger partial charge >= 0.3 is 11.8 Å². The summed E-state index contributed by atoms with van der Waals surface area (Å²) in [6.07, 6.45) is 3.66. The number of benzene rings is 1. The summed E-state index contributed by atoms with van der Waals surface area (Å²) in [5.41, 5.74) is 6.66. The Morgan fingerprint density at radius 2 is 1.86 bits per heavy atom. The zero-order valence-corrected chi connectivity index (χ0v) is 16.0. The van der Waals surface area contributed by atoms with Gasteiger partial charge in [0, 0.05) is 12.7 Å². The summed E-state index contributed by atoms with van der Waals surface area (Å²) in [7, 11) is 0. The Bertz CT molecular complexity index is 884. The normalized spacial score (nSPS) is 21.8. The first kappa shape index (κ1) is 19.5. The second kappa shape index (κ2) is 8.21. The van der Waals surface area contributed by atoms with E-state index in [1.165, 1.54) is 18.5 Å². The van der Waals surface area contributed by atoms with Crippen molar-refractivity contribution in [3.8, 4) is 0 Å². The molecule has 146 valence electrons. The van der Waals surface area contributed by atoms with Crippen molar-refractivity contribution in [1.82, 2.24) is 9.88 Å². The van der Waals surface area contributed by atoms with E-state index in [9.17, 15) is 14.4 Å². The van der Waals surface area contributed by atoms with Gasteiger partial charge in [-0.15, -0.1) is 0 Å². The number of hydrogen-bond donors (Lipinski definition) is 2. The molecule has 7 heteroatoms. The Morgan fingerprint density at radius 1 is 1.14 bits per heavy atom. The molecule has 28 heavy (non-hydrogen) atoms. The molecule has 1 aromatic carbocycles. The van der Waals surface area contributed by atoms with Crippen molar-refractivity contribution in [2.45, 2.75) is 26.3 Å². The molecule has 1 aliphatic heterocycles. The summed E-state index contributed by atoms with van der Waals surface area (Å²) in [6, 6.07) is 11.0. The number of carbonyl (C=O) groups is 3. The van der Waals surface area contributed by atoms with Crippen LogP contribution in [0.1, 0.15) is 42.2 Å². The molecule has 0 spiro atoms. The van der Waals surface area contributed by atoms with Crippen LogP contribution in [0.2, 0.25) is 0 Å². The van der Waals surface area contributed by atoms with Crippen molar-refractivity contribution in [2.75, 3.05) is 11.9 Å². The van der Waals surface area contributed by atoms with E-state index in [0.717, 1.165) is 12.0 Å². The number of aromatic nitrogens is 1. The quantitative estimate of drug-likeness (QED) is 0.797. The monoisotopic (exact) mass is 380 g/mol. The summed E-state index contributed by atoms with van der Waals surface area (Å²) in [5, 5.41) is 2.54. The van der Waals surface area contributed by atoms with E-state index < -0.39 is 17.7 Å². The van der Waals surface area contributed by atoms with Gasteiger partial charge in [-0.2, -0.15) is 0 Å². The third-order valence-electron chi connectivity index (χ3n) is 5.03. The summed E-state index contributed by atoms with van der Waals surface area (Å²) in [5.74, 6) is -1.49. The SMILES string of the molecule is C[C@@H]1C[C@@H](C)[C@@H](c2ccccc2)N(C(=O)C(=O)Nc2cncc(C(N)=O)c2)C1. The second-order valence-electron chi connectivity index (χ2n) is 7.41. The highest BCUT2D eigenvalue weighted by molar-refractivity contribution is 6.39. The average Bonchev–Trinajstić information content (AvgIpc) is 2.67. The van der Waals surface area contributed by atoms with E-state index in [1.807, 2.05) is 30.3 Å². The number of pyridine rings is 1. The molecule has 1 fully saturated rings. The molecule has 0 radical (unpaired) electrons. The number of rotatable bonds is 3. The molecule has 3 atom stereocenters. The van der Waals surface area contributed by atoms with Crippen LogP contribution in [-0.2, 0) is 9.59 Å². The van der Waals surface area contributed by atoms with Crippen LogP contribution in [0.15, 0.2) is 48.8 Å². The molecule has 1 aliphatic rings. The van der Waals surface area contributed by atoms with Crippen LogP contribution in [0.5, 0.6) is 0 Å². The van der Waals surface area contributed by atoms with Crippen molar-refractivity contribution in [3.63, 3.8) is 0 Å². The number of piperidine rings is 1. The van der Waals surface area contributed by atoms with Crippen LogP contribution in [0.25, 0.3) is 0 Å². The van der Waals surface area contributed by atoms with Crippen molar-refractivity contribution >= 4 is 23.4 Å². The Labute approximate surface area is 163 Å². The number of hydrogen-bond acceptors (Lipinski definition) is 4. The maximum absolute atomic E-state index is 13.0. The van der Waals surface area contributed by atoms with Crippen molar-refractivity contribution in [2.24, 2.45) is 17.6 Å². The molecule has 2 aromatic rings. The molecular formula is C21H24N4O3. The molecule has 2 heterocycles. The first-order chi connectivity index (χ1) is 13.4. The predicted molar refractivity (Wildman–Crippen MR) is 105 cm³/mol. The maximum Gasteiger partial charge on any atom is 0.313 e. The summed E-state index contributed by atoms with van der Waals surface area (Å²) in [4.78, 5) is 42.4. The van der Waals surface area contributed by atoms with Crippen LogP contribution in [0.3, 0.4) is 0 Å². The largest absolute Gasteiger partial charge is 0.366 e. The van der Waals surface area contributed by atoms with Crippen LogP contribution >= 0.6 is 0 Å². The van der Waals surface area contributed by atoms with Crippen molar-refractivity contribution < 1.29 is 14.4 Å². The minimum absolute atomic E-state index is 0.160. The Balaban J connectivity index is 1.82. The number of nitrogens with zero attached hydrogens (tertiary/aromatic N) is 2. The van der Waals surface area contributed by atoms with E-state index in [4.69, 9.17) is 5.73 Å². The maximum atomic E-state index is 13.0. The molecule has 0 unspecified atom stereocenters. The third-order valence-corrected chi connectivity index (χ3v) is 5.03. The lowest BCUT2D eigenvalue weighted by atomic mass is 9.81. The number of nitrogens with one attached hydrogen (secondary N) is 1. The topological polar surface area (TPSA) is 105 Å². The van der Waals surface area contributed by atoms with Gasteiger partial charge in [-0.1, -0.05) is 44.2 Å². The fourth-order valence-corrected chi connectivity index (χ4v) is 3.92. The first-order valence-electron chi connectivity index (χ1n) is 9.28. The zero-order chi connectivity index (χ0) is 20.3. The average molecular weight is 380 g/mol. The van der Waals surface area contributed by atoms with E-state index in [-0.39, 0.29) is 23.2 Å².